The van der Waals surface area contributed by atoms with E-state index in [4.69, 9.17) is 16.9 Å². The lowest BCUT2D eigenvalue weighted by Crippen LogP contribution is -2.48. The van der Waals surface area contributed by atoms with Gasteiger partial charge < -0.3 is 0 Å². The second kappa shape index (κ2) is 5.98. The summed E-state index contributed by atoms with van der Waals surface area (Å²) in [5, 5.41) is 12.3. The SMILES string of the molecule is N#CC(NC(=O)c1ccc(Cl)cc1)[n+]1ccccc1. The minimum absolute atomic E-state index is 0.320. The summed E-state index contributed by atoms with van der Waals surface area (Å²) in [4.78, 5) is 12.0. The van der Waals surface area contributed by atoms with Crippen LogP contribution in [0, 0.1) is 11.3 Å². The van der Waals surface area contributed by atoms with Gasteiger partial charge in [0.15, 0.2) is 18.5 Å². The molecular formula is C14H11ClN3O+. The molecule has 0 spiro atoms. The molecule has 5 heteroatoms. The number of amides is 1. The van der Waals surface area contributed by atoms with Gasteiger partial charge in [-0.15, -0.1) is 0 Å². The number of benzene rings is 1. The van der Waals surface area contributed by atoms with Gasteiger partial charge in [0.05, 0.1) is 0 Å². The maximum atomic E-state index is 12.0. The number of aromatic nitrogens is 1. The molecule has 0 radical (unpaired) electrons. The van der Waals surface area contributed by atoms with Crippen LogP contribution in [0.25, 0.3) is 0 Å². The lowest BCUT2D eigenvalue weighted by atomic mass is 10.2. The van der Waals surface area contributed by atoms with Crippen LogP contribution in [-0.2, 0) is 0 Å². The molecule has 0 aliphatic rings. The van der Waals surface area contributed by atoms with E-state index in [0.717, 1.165) is 0 Å². The highest BCUT2D eigenvalue weighted by Gasteiger charge is 2.20. The van der Waals surface area contributed by atoms with Crippen molar-refractivity contribution in [1.29, 1.82) is 5.26 Å². The van der Waals surface area contributed by atoms with E-state index >= 15 is 0 Å². The Morgan fingerprint density at radius 1 is 1.21 bits per heavy atom. The van der Waals surface area contributed by atoms with Crippen LogP contribution < -0.4 is 9.88 Å². The van der Waals surface area contributed by atoms with Gasteiger partial charge in [-0.3, -0.25) is 10.1 Å². The number of rotatable bonds is 3. The largest absolute Gasteiger partial charge is 0.322 e. The normalized spacial score (nSPS) is 11.4. The monoisotopic (exact) mass is 272 g/mol. The zero-order chi connectivity index (χ0) is 13.7. The first-order valence-electron chi connectivity index (χ1n) is 5.62. The number of carbonyl (C=O) groups excluding carboxylic acids is 1. The van der Waals surface area contributed by atoms with Crippen LogP contribution in [0.3, 0.4) is 0 Å². The Labute approximate surface area is 115 Å². The third-order valence-corrected chi connectivity index (χ3v) is 2.79. The second-order valence-corrected chi connectivity index (χ2v) is 4.27. The Kier molecular flexibility index (Phi) is 4.11. The lowest BCUT2D eigenvalue weighted by Gasteiger charge is -2.07. The molecule has 4 nitrogen and oxygen atoms in total. The smallest absolute Gasteiger partial charge is 0.281 e. The van der Waals surface area contributed by atoms with Gasteiger partial charge in [0.25, 0.3) is 5.91 Å². The van der Waals surface area contributed by atoms with E-state index in [1.807, 2.05) is 12.1 Å². The summed E-state index contributed by atoms with van der Waals surface area (Å²) in [5.74, 6) is -0.320. The van der Waals surface area contributed by atoms with Crippen molar-refractivity contribution in [2.45, 2.75) is 6.17 Å². The van der Waals surface area contributed by atoms with Crippen molar-refractivity contribution in [3.63, 3.8) is 0 Å². The van der Waals surface area contributed by atoms with E-state index in [-0.39, 0.29) is 5.91 Å². The number of halogens is 1. The van der Waals surface area contributed by atoms with Crippen LogP contribution in [0.2, 0.25) is 5.02 Å². The van der Waals surface area contributed by atoms with Gasteiger partial charge in [0.1, 0.15) is 0 Å². The van der Waals surface area contributed by atoms with Crippen molar-refractivity contribution < 1.29 is 9.36 Å². The molecule has 1 aromatic heterocycles. The van der Waals surface area contributed by atoms with Gasteiger partial charge >= 0.3 is 6.17 Å². The Morgan fingerprint density at radius 3 is 2.42 bits per heavy atom. The van der Waals surface area contributed by atoms with E-state index in [1.165, 1.54) is 0 Å². The highest BCUT2D eigenvalue weighted by Crippen LogP contribution is 2.09. The van der Waals surface area contributed by atoms with Crippen LogP contribution in [0.5, 0.6) is 0 Å². The van der Waals surface area contributed by atoms with Gasteiger partial charge in [-0.1, -0.05) is 17.7 Å². The van der Waals surface area contributed by atoms with E-state index < -0.39 is 6.17 Å². The summed E-state index contributed by atoms with van der Waals surface area (Å²) >= 11 is 5.76. The highest BCUT2D eigenvalue weighted by molar-refractivity contribution is 6.30. The first-order valence-corrected chi connectivity index (χ1v) is 6.00. The van der Waals surface area contributed by atoms with E-state index in [9.17, 15) is 4.79 Å². The molecule has 1 heterocycles. The number of hydrogen-bond acceptors (Lipinski definition) is 2. The van der Waals surface area contributed by atoms with Crippen molar-refractivity contribution in [2.75, 3.05) is 0 Å². The first kappa shape index (κ1) is 13.1. The number of nitriles is 1. The molecule has 19 heavy (non-hydrogen) atoms. The molecule has 0 aliphatic carbocycles. The summed E-state index contributed by atoms with van der Waals surface area (Å²) in [6, 6.07) is 13.9. The Balaban J connectivity index is 2.13. The Hall–Kier alpha value is -2.38. The van der Waals surface area contributed by atoms with Gasteiger partial charge in [0.2, 0.25) is 0 Å². The van der Waals surface area contributed by atoms with Gasteiger partial charge in [-0.2, -0.15) is 9.83 Å². The molecule has 0 bridgehead atoms. The summed E-state index contributed by atoms with van der Waals surface area (Å²) in [7, 11) is 0. The topological polar surface area (TPSA) is 56.8 Å². The van der Waals surface area contributed by atoms with Crippen molar-refractivity contribution in [2.24, 2.45) is 0 Å². The molecule has 0 fully saturated rings. The summed E-state index contributed by atoms with van der Waals surface area (Å²) in [6.07, 6.45) is 2.69. The standard InChI is InChI=1S/C14H10ClN3O/c15-12-6-4-11(5-7-12)14(19)17-13(10-16)18-8-2-1-3-9-18/h1-9,13H/p+1. The van der Waals surface area contributed by atoms with E-state index in [0.29, 0.717) is 10.6 Å². The van der Waals surface area contributed by atoms with Crippen LogP contribution in [-0.4, -0.2) is 5.91 Å². The second-order valence-electron chi connectivity index (χ2n) is 3.83. The van der Waals surface area contributed by atoms with Crippen molar-refractivity contribution in [3.8, 4) is 6.07 Å². The summed E-state index contributed by atoms with van der Waals surface area (Å²) < 4.78 is 1.62. The minimum atomic E-state index is -0.746. The molecule has 0 saturated carbocycles. The summed E-state index contributed by atoms with van der Waals surface area (Å²) in [6.45, 7) is 0. The molecule has 1 aromatic carbocycles. The quantitative estimate of drug-likeness (QED) is 0.870. The average molecular weight is 273 g/mol. The van der Waals surface area contributed by atoms with Crippen LogP contribution in [0.15, 0.2) is 54.9 Å². The fourth-order valence-corrected chi connectivity index (χ4v) is 1.69. The third-order valence-electron chi connectivity index (χ3n) is 2.53. The molecule has 1 N–H and O–H groups in total. The predicted molar refractivity (Wildman–Crippen MR) is 70.2 cm³/mol. The van der Waals surface area contributed by atoms with E-state index in [2.05, 4.69) is 5.32 Å². The fraction of sp³-hybridized carbons (Fsp3) is 0.0714. The zero-order valence-corrected chi connectivity index (χ0v) is 10.7. The van der Waals surface area contributed by atoms with Crippen LogP contribution in [0.1, 0.15) is 16.5 Å². The number of nitrogens with zero attached hydrogens (tertiary/aromatic N) is 2. The average Bonchev–Trinajstić information content (AvgIpc) is 2.46. The molecular weight excluding hydrogens is 262 g/mol. The van der Waals surface area contributed by atoms with Crippen molar-refractivity contribution in [1.82, 2.24) is 5.32 Å². The Morgan fingerprint density at radius 2 is 1.84 bits per heavy atom. The van der Waals surface area contributed by atoms with Gasteiger partial charge in [-0.05, 0) is 24.3 Å². The summed E-state index contributed by atoms with van der Waals surface area (Å²) in [5.41, 5.74) is 0.459. The fourth-order valence-electron chi connectivity index (χ4n) is 1.57. The number of pyridine rings is 1. The van der Waals surface area contributed by atoms with Gasteiger partial charge in [0, 0.05) is 22.7 Å². The van der Waals surface area contributed by atoms with Crippen LogP contribution >= 0.6 is 11.6 Å². The molecule has 1 atom stereocenters. The van der Waals surface area contributed by atoms with Gasteiger partial charge in [-0.25, -0.2) is 0 Å². The maximum absolute atomic E-state index is 12.0. The molecule has 0 aliphatic heterocycles. The molecule has 2 rings (SSSR count). The highest BCUT2D eigenvalue weighted by atomic mass is 35.5. The lowest BCUT2D eigenvalue weighted by molar-refractivity contribution is -0.713. The van der Waals surface area contributed by atoms with Crippen LogP contribution in [0.4, 0.5) is 0 Å². The molecule has 94 valence electrons. The zero-order valence-electron chi connectivity index (χ0n) is 9.95. The minimum Gasteiger partial charge on any atom is -0.281 e. The predicted octanol–water partition coefficient (Wildman–Crippen LogP) is 2.08. The molecule has 1 amide bonds. The molecule has 1 unspecified atom stereocenters. The number of nitrogens with one attached hydrogen (secondary N) is 1. The molecule has 0 saturated heterocycles. The number of hydrogen-bond donors (Lipinski definition) is 1. The third kappa shape index (κ3) is 3.30. The van der Waals surface area contributed by atoms with Crippen molar-refractivity contribution in [3.05, 3.63) is 65.4 Å². The van der Waals surface area contributed by atoms with E-state index in [1.54, 1.807) is 53.4 Å². The van der Waals surface area contributed by atoms with Crippen molar-refractivity contribution >= 4 is 17.5 Å². The first-order chi connectivity index (χ1) is 9.20. The number of carbonyl (C=O) groups is 1. The maximum Gasteiger partial charge on any atom is 0.322 e. The Bertz CT molecular complexity index is 605. The molecule has 2 aromatic rings.